The molecule has 0 saturated heterocycles. The zero-order valence-electron chi connectivity index (χ0n) is 12.8. The van der Waals surface area contributed by atoms with Gasteiger partial charge in [0.25, 0.3) is 0 Å². The smallest absolute Gasteiger partial charge is 0.324 e. The van der Waals surface area contributed by atoms with Gasteiger partial charge in [-0.25, -0.2) is 13.1 Å². The number of carbonyl (C=O) groups excluding carboxylic acids is 1. The van der Waals surface area contributed by atoms with Crippen LogP contribution in [0.15, 0.2) is 24.5 Å². The van der Waals surface area contributed by atoms with Crippen LogP contribution in [-0.4, -0.2) is 36.8 Å². The number of ether oxygens (including phenoxy) is 1. The summed E-state index contributed by atoms with van der Waals surface area (Å²) in [5, 5.41) is 0. The Morgan fingerprint density at radius 1 is 1.33 bits per heavy atom. The lowest BCUT2D eigenvalue weighted by Crippen LogP contribution is -2.43. The van der Waals surface area contributed by atoms with Gasteiger partial charge in [-0.1, -0.05) is 0 Å². The van der Waals surface area contributed by atoms with Crippen molar-refractivity contribution in [3.63, 3.8) is 0 Å². The molecule has 0 amide bonds. The molecule has 21 heavy (non-hydrogen) atoms. The van der Waals surface area contributed by atoms with E-state index in [0.29, 0.717) is 6.42 Å². The first kappa shape index (κ1) is 17.6. The molecule has 0 aliphatic rings. The lowest BCUT2D eigenvalue weighted by molar-refractivity contribution is -0.156. The second kappa shape index (κ2) is 7.00. The molecule has 6 nitrogen and oxygen atoms in total. The van der Waals surface area contributed by atoms with Crippen LogP contribution in [0.5, 0.6) is 0 Å². The number of rotatable bonds is 6. The van der Waals surface area contributed by atoms with Gasteiger partial charge in [0.15, 0.2) is 0 Å². The number of pyridine rings is 1. The minimum Gasteiger partial charge on any atom is -0.459 e. The van der Waals surface area contributed by atoms with Crippen LogP contribution in [0.4, 0.5) is 0 Å². The highest BCUT2D eigenvalue weighted by Gasteiger charge is 2.25. The Labute approximate surface area is 126 Å². The van der Waals surface area contributed by atoms with Crippen molar-refractivity contribution < 1.29 is 17.9 Å². The maximum absolute atomic E-state index is 11.9. The van der Waals surface area contributed by atoms with Crippen molar-refractivity contribution in [3.8, 4) is 0 Å². The second-order valence-corrected chi connectivity index (χ2v) is 7.67. The number of hydrogen-bond donors (Lipinski definition) is 1. The average Bonchev–Trinajstić information content (AvgIpc) is 2.35. The molecule has 1 aromatic rings. The van der Waals surface area contributed by atoms with Crippen molar-refractivity contribution in [1.82, 2.24) is 9.71 Å². The highest BCUT2D eigenvalue weighted by Crippen LogP contribution is 2.09. The number of aryl methyl sites for hydroxylation is 1. The molecule has 7 heteroatoms. The summed E-state index contributed by atoms with van der Waals surface area (Å²) < 4.78 is 31.4. The fraction of sp³-hybridized carbons (Fsp3) is 0.571. The normalized spacial score (nSPS) is 13.7. The Kier molecular flexibility index (Phi) is 5.86. The summed E-state index contributed by atoms with van der Waals surface area (Å²) in [5.41, 5.74) is 0.230. The average molecular weight is 314 g/mol. The molecule has 1 N–H and O–H groups in total. The Balaban J connectivity index is 2.54. The van der Waals surface area contributed by atoms with Gasteiger partial charge in [0.2, 0.25) is 10.0 Å². The fourth-order valence-electron chi connectivity index (χ4n) is 1.57. The quantitative estimate of drug-likeness (QED) is 0.799. The van der Waals surface area contributed by atoms with Crippen molar-refractivity contribution in [1.29, 1.82) is 0 Å². The molecule has 1 rings (SSSR count). The van der Waals surface area contributed by atoms with Crippen LogP contribution >= 0.6 is 0 Å². The van der Waals surface area contributed by atoms with E-state index >= 15 is 0 Å². The molecule has 0 bridgehead atoms. The topological polar surface area (TPSA) is 85.4 Å². The first-order chi connectivity index (χ1) is 9.59. The molecule has 118 valence electrons. The van der Waals surface area contributed by atoms with Crippen molar-refractivity contribution >= 4 is 16.0 Å². The fourth-order valence-corrected chi connectivity index (χ4v) is 2.83. The van der Waals surface area contributed by atoms with E-state index in [1.54, 1.807) is 45.3 Å². The van der Waals surface area contributed by atoms with Gasteiger partial charge >= 0.3 is 5.97 Å². The minimum absolute atomic E-state index is 0.0931. The summed E-state index contributed by atoms with van der Waals surface area (Å²) >= 11 is 0. The minimum atomic E-state index is -3.55. The Bertz CT molecular complexity index is 564. The molecule has 0 fully saturated rings. The molecular weight excluding hydrogens is 292 g/mol. The van der Waals surface area contributed by atoms with E-state index in [0.717, 1.165) is 5.56 Å². The maximum Gasteiger partial charge on any atom is 0.324 e. The van der Waals surface area contributed by atoms with E-state index in [1.807, 2.05) is 0 Å². The van der Waals surface area contributed by atoms with E-state index in [1.165, 1.54) is 6.92 Å². The van der Waals surface area contributed by atoms with Crippen LogP contribution in [0.25, 0.3) is 0 Å². The molecular formula is C14H22N2O4S. The Morgan fingerprint density at radius 3 is 2.43 bits per heavy atom. The third-order valence-electron chi connectivity index (χ3n) is 2.53. The largest absolute Gasteiger partial charge is 0.459 e. The molecule has 0 unspecified atom stereocenters. The van der Waals surface area contributed by atoms with Crippen LogP contribution in [0.2, 0.25) is 0 Å². The van der Waals surface area contributed by atoms with E-state index in [9.17, 15) is 13.2 Å². The zero-order valence-corrected chi connectivity index (χ0v) is 13.6. The standard InChI is InChI=1S/C14H22N2O4S/c1-11(13(17)20-14(2,3)4)16-21(18,19)10-7-12-5-8-15-9-6-12/h5-6,8-9,11,16H,7,10H2,1-4H3/t11-/m0/s1. The molecule has 0 aliphatic carbocycles. The summed E-state index contributed by atoms with van der Waals surface area (Å²) in [5.74, 6) is -0.681. The maximum atomic E-state index is 11.9. The Hall–Kier alpha value is -1.47. The van der Waals surface area contributed by atoms with E-state index in [2.05, 4.69) is 9.71 Å². The summed E-state index contributed by atoms with van der Waals surface area (Å²) in [7, 11) is -3.55. The van der Waals surface area contributed by atoms with Crippen LogP contribution in [-0.2, 0) is 26.0 Å². The van der Waals surface area contributed by atoms with Crippen LogP contribution in [0, 0.1) is 0 Å². The molecule has 1 heterocycles. The molecule has 0 aromatic carbocycles. The number of aromatic nitrogens is 1. The zero-order chi connectivity index (χ0) is 16.1. The van der Waals surface area contributed by atoms with Gasteiger partial charge in [0.05, 0.1) is 5.75 Å². The van der Waals surface area contributed by atoms with Gasteiger partial charge in [-0.3, -0.25) is 9.78 Å². The first-order valence-electron chi connectivity index (χ1n) is 6.71. The van der Waals surface area contributed by atoms with Crippen molar-refractivity contribution in [2.75, 3.05) is 5.75 Å². The number of carbonyl (C=O) groups is 1. The third-order valence-corrected chi connectivity index (χ3v) is 3.98. The molecule has 0 saturated carbocycles. The summed E-state index contributed by atoms with van der Waals surface area (Å²) in [6.07, 6.45) is 3.58. The van der Waals surface area contributed by atoms with Gasteiger partial charge in [-0.15, -0.1) is 0 Å². The van der Waals surface area contributed by atoms with Gasteiger partial charge in [0, 0.05) is 12.4 Å². The number of nitrogens with one attached hydrogen (secondary N) is 1. The number of sulfonamides is 1. The summed E-state index contributed by atoms with van der Waals surface area (Å²) in [4.78, 5) is 15.6. The second-order valence-electron chi connectivity index (χ2n) is 5.80. The lowest BCUT2D eigenvalue weighted by atomic mass is 10.2. The number of hydrogen-bond acceptors (Lipinski definition) is 5. The SMILES string of the molecule is C[C@H](NS(=O)(=O)CCc1ccncc1)C(=O)OC(C)(C)C. The molecule has 0 radical (unpaired) electrons. The van der Waals surface area contributed by atoms with Crippen molar-refractivity contribution in [2.24, 2.45) is 0 Å². The predicted octanol–water partition coefficient (Wildman–Crippen LogP) is 1.27. The predicted molar refractivity (Wildman–Crippen MR) is 80.2 cm³/mol. The highest BCUT2D eigenvalue weighted by molar-refractivity contribution is 7.89. The lowest BCUT2D eigenvalue weighted by Gasteiger charge is -2.22. The summed E-state index contributed by atoms with van der Waals surface area (Å²) in [6, 6.07) is 2.60. The van der Waals surface area contributed by atoms with E-state index in [4.69, 9.17) is 4.74 Å². The molecule has 1 aromatic heterocycles. The molecule has 0 spiro atoms. The van der Waals surface area contributed by atoms with Crippen LogP contribution < -0.4 is 4.72 Å². The first-order valence-corrected chi connectivity index (χ1v) is 8.36. The van der Waals surface area contributed by atoms with Crippen LogP contribution in [0.3, 0.4) is 0 Å². The number of nitrogens with zero attached hydrogens (tertiary/aromatic N) is 1. The van der Waals surface area contributed by atoms with Crippen LogP contribution in [0.1, 0.15) is 33.3 Å². The van der Waals surface area contributed by atoms with Crippen molar-refractivity contribution in [3.05, 3.63) is 30.1 Å². The highest BCUT2D eigenvalue weighted by atomic mass is 32.2. The molecule has 1 atom stereocenters. The van der Waals surface area contributed by atoms with Gasteiger partial charge in [-0.2, -0.15) is 0 Å². The van der Waals surface area contributed by atoms with E-state index < -0.39 is 27.6 Å². The molecule has 0 aliphatic heterocycles. The van der Waals surface area contributed by atoms with Crippen molar-refractivity contribution in [2.45, 2.75) is 45.8 Å². The van der Waals surface area contributed by atoms with Gasteiger partial charge in [0.1, 0.15) is 11.6 Å². The third kappa shape index (κ3) is 7.19. The number of esters is 1. The van der Waals surface area contributed by atoms with E-state index in [-0.39, 0.29) is 5.75 Å². The van der Waals surface area contributed by atoms with Gasteiger partial charge in [-0.05, 0) is 51.8 Å². The van der Waals surface area contributed by atoms with Gasteiger partial charge < -0.3 is 4.74 Å². The summed E-state index contributed by atoms with van der Waals surface area (Å²) in [6.45, 7) is 6.67. The monoisotopic (exact) mass is 314 g/mol. The Morgan fingerprint density at radius 2 is 1.90 bits per heavy atom.